The molecule has 1 atom stereocenters. The van der Waals surface area contributed by atoms with Gasteiger partial charge in [-0.1, -0.05) is 13.8 Å². The molecule has 0 fully saturated rings. The van der Waals surface area contributed by atoms with E-state index in [1.807, 2.05) is 13.8 Å². The van der Waals surface area contributed by atoms with Crippen LogP contribution in [0, 0.1) is 0 Å². The van der Waals surface area contributed by atoms with Crippen LogP contribution < -0.4 is 5.32 Å². The maximum atomic E-state index is 12.6. The van der Waals surface area contributed by atoms with Crippen LogP contribution in [0.1, 0.15) is 37.8 Å². The lowest BCUT2D eigenvalue weighted by atomic mass is 10.0. The molecule has 1 nitrogen and oxygen atoms in total. The van der Waals surface area contributed by atoms with Gasteiger partial charge >= 0.3 is 6.18 Å². The van der Waals surface area contributed by atoms with Gasteiger partial charge < -0.3 is 5.32 Å². The third-order valence-electron chi connectivity index (χ3n) is 2.80. The van der Waals surface area contributed by atoms with E-state index in [0.29, 0.717) is 18.0 Å². The van der Waals surface area contributed by atoms with Gasteiger partial charge in [0, 0.05) is 11.4 Å². The van der Waals surface area contributed by atoms with Crippen LogP contribution in [0.5, 0.6) is 0 Å². The van der Waals surface area contributed by atoms with Crippen molar-refractivity contribution in [2.45, 2.75) is 45.3 Å². The highest BCUT2D eigenvalue weighted by Gasteiger charge is 2.33. The minimum Gasteiger partial charge on any atom is -0.314 e. The highest BCUT2D eigenvalue weighted by atomic mass is 32.1. The molecule has 17 heavy (non-hydrogen) atoms. The molecule has 0 spiro atoms. The Morgan fingerprint density at radius 1 is 1.29 bits per heavy atom. The molecule has 0 aromatic carbocycles. The fraction of sp³-hybridized carbons (Fsp3) is 0.667. The molecule has 0 amide bonds. The van der Waals surface area contributed by atoms with E-state index in [0.717, 1.165) is 30.7 Å². The highest BCUT2D eigenvalue weighted by molar-refractivity contribution is 7.08. The number of halogens is 3. The predicted octanol–water partition coefficient (Wildman–Crippen LogP) is 4.09. The number of aryl methyl sites for hydroxylation is 1. The Balaban J connectivity index is 2.60. The topological polar surface area (TPSA) is 12.0 Å². The monoisotopic (exact) mass is 265 g/mol. The summed E-state index contributed by atoms with van der Waals surface area (Å²) in [6.07, 6.45) is -2.03. The summed E-state index contributed by atoms with van der Waals surface area (Å²) in [5.74, 6) is 0. The van der Waals surface area contributed by atoms with Gasteiger partial charge in [0.15, 0.2) is 0 Å². The zero-order chi connectivity index (χ0) is 12.9. The minimum absolute atomic E-state index is 0.306. The normalized spacial score (nSPS) is 13.9. The van der Waals surface area contributed by atoms with Crippen molar-refractivity contribution in [1.29, 1.82) is 0 Å². The van der Waals surface area contributed by atoms with Crippen LogP contribution in [0.15, 0.2) is 10.8 Å². The second-order valence-electron chi connectivity index (χ2n) is 4.01. The summed E-state index contributed by atoms with van der Waals surface area (Å²) < 4.78 is 37.9. The fourth-order valence-electron chi connectivity index (χ4n) is 1.83. The molecule has 0 saturated heterocycles. The van der Waals surface area contributed by atoms with Crippen LogP contribution in [-0.2, 0) is 12.6 Å². The molecular weight excluding hydrogens is 247 g/mol. The van der Waals surface area contributed by atoms with E-state index < -0.39 is 11.7 Å². The number of nitrogens with one attached hydrogen (secondary N) is 1. The fourth-order valence-corrected chi connectivity index (χ4v) is 2.73. The molecule has 1 heterocycles. The average Bonchev–Trinajstić information content (AvgIpc) is 2.72. The van der Waals surface area contributed by atoms with Crippen molar-refractivity contribution in [3.05, 3.63) is 21.9 Å². The summed E-state index contributed by atoms with van der Waals surface area (Å²) in [5, 5.41) is 6.09. The van der Waals surface area contributed by atoms with Gasteiger partial charge in [0.2, 0.25) is 0 Å². The zero-order valence-corrected chi connectivity index (χ0v) is 10.9. The van der Waals surface area contributed by atoms with Crippen molar-refractivity contribution in [3.8, 4) is 0 Å². The van der Waals surface area contributed by atoms with Gasteiger partial charge in [0.25, 0.3) is 0 Å². The first-order chi connectivity index (χ1) is 7.99. The second kappa shape index (κ2) is 6.40. The summed E-state index contributed by atoms with van der Waals surface area (Å²) in [6, 6.07) is 0.306. The van der Waals surface area contributed by atoms with Crippen LogP contribution >= 0.6 is 11.3 Å². The Kier molecular flexibility index (Phi) is 5.46. The van der Waals surface area contributed by atoms with E-state index in [-0.39, 0.29) is 0 Å². The number of hydrogen-bond donors (Lipinski definition) is 1. The van der Waals surface area contributed by atoms with Gasteiger partial charge in [-0.15, -0.1) is 0 Å². The van der Waals surface area contributed by atoms with Crippen LogP contribution in [0.4, 0.5) is 13.2 Å². The summed E-state index contributed by atoms with van der Waals surface area (Å²) in [4.78, 5) is 0. The van der Waals surface area contributed by atoms with Gasteiger partial charge in [-0.25, -0.2) is 0 Å². The molecule has 98 valence electrons. The van der Waals surface area contributed by atoms with Gasteiger partial charge in [-0.05, 0) is 36.8 Å². The Morgan fingerprint density at radius 3 is 2.53 bits per heavy atom. The molecular formula is C12H18F3NS. The number of hydrogen-bond acceptors (Lipinski definition) is 2. The van der Waals surface area contributed by atoms with E-state index in [2.05, 4.69) is 5.32 Å². The summed E-state index contributed by atoms with van der Waals surface area (Å²) in [7, 11) is 0. The van der Waals surface area contributed by atoms with Gasteiger partial charge in [0.1, 0.15) is 0 Å². The lowest BCUT2D eigenvalue weighted by Crippen LogP contribution is -2.28. The Bertz CT molecular complexity index is 333. The van der Waals surface area contributed by atoms with Crippen LogP contribution in [0.3, 0.4) is 0 Å². The molecule has 0 aliphatic rings. The Hall–Kier alpha value is -0.550. The molecule has 1 rings (SSSR count). The third kappa shape index (κ3) is 4.32. The first-order valence-corrected chi connectivity index (χ1v) is 6.79. The molecule has 0 radical (unpaired) electrons. The molecule has 1 aromatic heterocycles. The van der Waals surface area contributed by atoms with Gasteiger partial charge in [-0.2, -0.15) is 24.5 Å². The predicted molar refractivity (Wildman–Crippen MR) is 65.4 cm³/mol. The van der Waals surface area contributed by atoms with Crippen molar-refractivity contribution in [2.24, 2.45) is 0 Å². The van der Waals surface area contributed by atoms with Crippen LogP contribution in [0.25, 0.3) is 0 Å². The molecule has 0 bridgehead atoms. The van der Waals surface area contributed by atoms with Crippen LogP contribution in [-0.4, -0.2) is 12.6 Å². The molecule has 5 heteroatoms. The molecule has 1 unspecified atom stereocenters. The zero-order valence-electron chi connectivity index (χ0n) is 10.1. The number of thiophene rings is 1. The molecule has 1 N–H and O–H groups in total. The maximum Gasteiger partial charge on any atom is 0.417 e. The molecule has 1 aromatic rings. The summed E-state index contributed by atoms with van der Waals surface area (Å²) >= 11 is 1.13. The smallest absolute Gasteiger partial charge is 0.314 e. The lowest BCUT2D eigenvalue weighted by Gasteiger charge is -2.16. The van der Waals surface area contributed by atoms with Gasteiger partial charge in [0.05, 0.1) is 5.56 Å². The van der Waals surface area contributed by atoms with E-state index in [4.69, 9.17) is 0 Å². The standard InChI is InChI=1S/C12H18F3NS/c1-3-10(16-4-2)6-5-9-7-17-8-11(9)12(13,14)15/h7-8,10,16H,3-6H2,1-2H3. The first-order valence-electron chi connectivity index (χ1n) is 5.84. The number of alkyl halides is 3. The van der Waals surface area contributed by atoms with Crippen molar-refractivity contribution in [3.63, 3.8) is 0 Å². The Labute approximate surface area is 104 Å². The maximum absolute atomic E-state index is 12.6. The summed E-state index contributed by atoms with van der Waals surface area (Å²) in [5.41, 5.74) is -0.0345. The average molecular weight is 265 g/mol. The minimum atomic E-state index is -4.21. The van der Waals surface area contributed by atoms with Crippen molar-refractivity contribution >= 4 is 11.3 Å². The highest BCUT2D eigenvalue weighted by Crippen LogP contribution is 2.34. The molecule has 0 aliphatic carbocycles. The van der Waals surface area contributed by atoms with E-state index in [1.165, 1.54) is 5.38 Å². The quantitative estimate of drug-likeness (QED) is 0.817. The summed E-state index contributed by atoms with van der Waals surface area (Å²) in [6.45, 7) is 4.91. The lowest BCUT2D eigenvalue weighted by molar-refractivity contribution is -0.137. The van der Waals surface area contributed by atoms with E-state index in [9.17, 15) is 13.2 Å². The molecule has 0 saturated carbocycles. The van der Waals surface area contributed by atoms with Crippen molar-refractivity contribution < 1.29 is 13.2 Å². The van der Waals surface area contributed by atoms with Crippen molar-refractivity contribution in [2.75, 3.05) is 6.54 Å². The van der Waals surface area contributed by atoms with Crippen LogP contribution in [0.2, 0.25) is 0 Å². The van der Waals surface area contributed by atoms with E-state index in [1.54, 1.807) is 5.38 Å². The Morgan fingerprint density at radius 2 is 2.00 bits per heavy atom. The largest absolute Gasteiger partial charge is 0.417 e. The van der Waals surface area contributed by atoms with Crippen molar-refractivity contribution in [1.82, 2.24) is 5.32 Å². The first kappa shape index (κ1) is 14.5. The third-order valence-corrected chi connectivity index (χ3v) is 3.59. The van der Waals surface area contributed by atoms with Gasteiger partial charge in [-0.3, -0.25) is 0 Å². The van der Waals surface area contributed by atoms with E-state index >= 15 is 0 Å². The number of rotatable bonds is 6. The molecule has 0 aliphatic heterocycles. The SMILES string of the molecule is CCNC(CC)CCc1cscc1C(F)(F)F. The second-order valence-corrected chi connectivity index (χ2v) is 4.75.